The van der Waals surface area contributed by atoms with Gasteiger partial charge in [-0.2, -0.15) is 0 Å². The van der Waals surface area contributed by atoms with Crippen LogP contribution in [-0.4, -0.2) is 23.7 Å². The fraction of sp³-hybridized carbons (Fsp3) is 0.240. The summed E-state index contributed by atoms with van der Waals surface area (Å²) in [6, 6.07) is 30.4. The van der Waals surface area contributed by atoms with Gasteiger partial charge in [0.1, 0.15) is 0 Å². The second-order valence-corrected chi connectivity index (χ2v) is 7.22. The Kier molecular flexibility index (Phi) is 7.99. The predicted molar refractivity (Wildman–Crippen MR) is 117 cm³/mol. The van der Waals surface area contributed by atoms with E-state index in [0.717, 1.165) is 18.5 Å². The van der Waals surface area contributed by atoms with Gasteiger partial charge in [0, 0.05) is 25.2 Å². The highest BCUT2D eigenvalue weighted by atomic mass is 16.4. The van der Waals surface area contributed by atoms with Crippen LogP contribution in [0.1, 0.15) is 29.2 Å². The van der Waals surface area contributed by atoms with Gasteiger partial charge in [-0.15, -0.1) is 0 Å². The standard InChI is InChI=1S/C25H28N2O2/c28-25(29)17-24(22-14-8-3-9-15-22)27-19-23(16-20-10-4-1-5-11-20)26-18-21-12-6-2-7-13-21/h1-15,23-24,26-27H,16-19H2,(H,28,29). The third kappa shape index (κ3) is 7.18. The van der Waals surface area contributed by atoms with Gasteiger partial charge in [-0.05, 0) is 23.1 Å². The van der Waals surface area contributed by atoms with Crippen LogP contribution in [0.25, 0.3) is 0 Å². The maximum atomic E-state index is 11.4. The molecule has 0 aliphatic carbocycles. The highest BCUT2D eigenvalue weighted by Gasteiger charge is 2.17. The Hall–Kier alpha value is -2.95. The van der Waals surface area contributed by atoms with Crippen LogP contribution in [0.15, 0.2) is 91.0 Å². The molecule has 2 atom stereocenters. The van der Waals surface area contributed by atoms with Crippen molar-refractivity contribution in [1.29, 1.82) is 0 Å². The van der Waals surface area contributed by atoms with Gasteiger partial charge in [0.2, 0.25) is 0 Å². The van der Waals surface area contributed by atoms with Crippen LogP contribution < -0.4 is 10.6 Å². The molecular formula is C25H28N2O2. The molecule has 2 unspecified atom stereocenters. The Labute approximate surface area is 172 Å². The SMILES string of the molecule is O=C(O)CC(NCC(Cc1ccccc1)NCc1ccccc1)c1ccccc1. The lowest BCUT2D eigenvalue weighted by Gasteiger charge is -2.24. The van der Waals surface area contributed by atoms with Crippen molar-refractivity contribution in [3.05, 3.63) is 108 Å². The molecule has 0 radical (unpaired) electrons. The lowest BCUT2D eigenvalue weighted by molar-refractivity contribution is -0.137. The molecule has 3 N–H and O–H groups in total. The molecule has 0 fully saturated rings. The highest BCUT2D eigenvalue weighted by molar-refractivity contribution is 5.67. The number of benzene rings is 3. The Morgan fingerprint density at radius 2 is 1.31 bits per heavy atom. The van der Waals surface area contributed by atoms with E-state index in [1.165, 1.54) is 11.1 Å². The summed E-state index contributed by atoms with van der Waals surface area (Å²) in [5, 5.41) is 16.5. The van der Waals surface area contributed by atoms with E-state index in [9.17, 15) is 9.90 Å². The van der Waals surface area contributed by atoms with E-state index >= 15 is 0 Å². The molecule has 0 heterocycles. The van der Waals surface area contributed by atoms with Gasteiger partial charge in [-0.25, -0.2) is 0 Å². The number of hydrogen-bond acceptors (Lipinski definition) is 3. The molecule has 0 saturated heterocycles. The van der Waals surface area contributed by atoms with Crippen molar-refractivity contribution < 1.29 is 9.90 Å². The zero-order valence-corrected chi connectivity index (χ0v) is 16.5. The molecular weight excluding hydrogens is 360 g/mol. The lowest BCUT2D eigenvalue weighted by Crippen LogP contribution is -2.41. The van der Waals surface area contributed by atoms with Crippen LogP contribution in [0.4, 0.5) is 0 Å². The fourth-order valence-corrected chi connectivity index (χ4v) is 3.43. The third-order valence-electron chi connectivity index (χ3n) is 4.95. The van der Waals surface area contributed by atoms with E-state index in [4.69, 9.17) is 0 Å². The smallest absolute Gasteiger partial charge is 0.305 e. The minimum absolute atomic E-state index is 0.0563. The van der Waals surface area contributed by atoms with Crippen molar-refractivity contribution in [1.82, 2.24) is 10.6 Å². The number of carboxylic acid groups (broad SMARTS) is 1. The molecule has 3 aromatic rings. The number of carboxylic acids is 1. The first-order valence-corrected chi connectivity index (χ1v) is 10.0. The van der Waals surface area contributed by atoms with Crippen LogP contribution in [-0.2, 0) is 17.8 Å². The molecule has 150 valence electrons. The molecule has 29 heavy (non-hydrogen) atoms. The number of carbonyl (C=O) groups is 1. The van der Waals surface area contributed by atoms with Crippen molar-refractivity contribution in [2.75, 3.05) is 6.54 Å². The number of nitrogens with one attached hydrogen (secondary N) is 2. The molecule has 0 amide bonds. The van der Waals surface area contributed by atoms with E-state index in [1.807, 2.05) is 66.7 Å². The fourth-order valence-electron chi connectivity index (χ4n) is 3.43. The van der Waals surface area contributed by atoms with Crippen molar-refractivity contribution in [2.24, 2.45) is 0 Å². The van der Waals surface area contributed by atoms with Crippen molar-refractivity contribution in [2.45, 2.75) is 31.5 Å². The zero-order chi connectivity index (χ0) is 20.3. The second kappa shape index (κ2) is 11.1. The summed E-state index contributed by atoms with van der Waals surface area (Å²) in [5.74, 6) is -0.803. The first kappa shape index (κ1) is 20.8. The van der Waals surface area contributed by atoms with Gasteiger partial charge in [0.05, 0.1) is 6.42 Å². The molecule has 0 bridgehead atoms. The van der Waals surface area contributed by atoms with Crippen LogP contribution >= 0.6 is 0 Å². The average Bonchev–Trinajstić information content (AvgIpc) is 2.76. The molecule has 3 rings (SSSR count). The van der Waals surface area contributed by atoms with Crippen molar-refractivity contribution in [3.63, 3.8) is 0 Å². The number of hydrogen-bond donors (Lipinski definition) is 3. The second-order valence-electron chi connectivity index (χ2n) is 7.22. The molecule has 4 nitrogen and oxygen atoms in total. The van der Waals surface area contributed by atoms with E-state index in [1.54, 1.807) is 0 Å². The normalized spacial score (nSPS) is 13.0. The quantitative estimate of drug-likeness (QED) is 0.461. The van der Waals surface area contributed by atoms with Gasteiger partial charge >= 0.3 is 5.97 Å². The van der Waals surface area contributed by atoms with Gasteiger partial charge < -0.3 is 15.7 Å². The average molecular weight is 389 g/mol. The van der Waals surface area contributed by atoms with Crippen molar-refractivity contribution in [3.8, 4) is 0 Å². The van der Waals surface area contributed by atoms with Gasteiger partial charge in [-0.3, -0.25) is 4.79 Å². The summed E-state index contributed by atoms with van der Waals surface area (Å²) in [7, 11) is 0. The molecule has 4 heteroatoms. The third-order valence-corrected chi connectivity index (χ3v) is 4.95. The van der Waals surface area contributed by atoms with Gasteiger partial charge in [0.25, 0.3) is 0 Å². The molecule has 0 aliphatic rings. The Bertz CT molecular complexity index is 854. The number of rotatable bonds is 11. The maximum Gasteiger partial charge on any atom is 0.305 e. The molecule has 0 aromatic heterocycles. The molecule has 0 aliphatic heterocycles. The summed E-state index contributed by atoms with van der Waals surface area (Å²) >= 11 is 0. The summed E-state index contributed by atoms with van der Waals surface area (Å²) in [5.41, 5.74) is 3.49. The van der Waals surface area contributed by atoms with Crippen LogP contribution in [0, 0.1) is 0 Å². The van der Waals surface area contributed by atoms with E-state index in [0.29, 0.717) is 6.54 Å². The van der Waals surface area contributed by atoms with Gasteiger partial charge in [0.15, 0.2) is 0 Å². The van der Waals surface area contributed by atoms with Crippen LogP contribution in [0.3, 0.4) is 0 Å². The largest absolute Gasteiger partial charge is 0.481 e. The highest BCUT2D eigenvalue weighted by Crippen LogP contribution is 2.17. The van der Waals surface area contributed by atoms with Crippen LogP contribution in [0.2, 0.25) is 0 Å². The first-order valence-electron chi connectivity index (χ1n) is 10.0. The predicted octanol–water partition coefficient (Wildman–Crippen LogP) is 4.19. The first-order chi connectivity index (χ1) is 14.2. The Morgan fingerprint density at radius 3 is 1.90 bits per heavy atom. The maximum absolute atomic E-state index is 11.4. The summed E-state index contributed by atoms with van der Waals surface area (Å²) < 4.78 is 0. The lowest BCUT2D eigenvalue weighted by atomic mass is 10.0. The zero-order valence-electron chi connectivity index (χ0n) is 16.5. The van der Waals surface area contributed by atoms with E-state index in [2.05, 4.69) is 34.9 Å². The number of aliphatic carboxylic acids is 1. The minimum atomic E-state index is -0.803. The summed E-state index contributed by atoms with van der Waals surface area (Å²) in [4.78, 5) is 11.4. The minimum Gasteiger partial charge on any atom is -0.481 e. The Balaban J connectivity index is 1.67. The van der Waals surface area contributed by atoms with Gasteiger partial charge in [-0.1, -0.05) is 91.0 Å². The van der Waals surface area contributed by atoms with Crippen LogP contribution in [0.5, 0.6) is 0 Å². The van der Waals surface area contributed by atoms with E-state index in [-0.39, 0.29) is 18.5 Å². The van der Waals surface area contributed by atoms with Crippen molar-refractivity contribution >= 4 is 5.97 Å². The monoisotopic (exact) mass is 388 g/mol. The summed E-state index contributed by atoms with van der Waals surface area (Å²) in [6.07, 6.45) is 0.927. The topological polar surface area (TPSA) is 61.4 Å². The molecule has 0 saturated carbocycles. The summed E-state index contributed by atoms with van der Waals surface area (Å²) in [6.45, 7) is 1.45. The molecule has 3 aromatic carbocycles. The Morgan fingerprint density at radius 1 is 0.759 bits per heavy atom. The molecule has 0 spiro atoms. The van der Waals surface area contributed by atoms with E-state index < -0.39 is 5.97 Å².